The maximum absolute atomic E-state index is 5.36. The van der Waals surface area contributed by atoms with Crippen molar-refractivity contribution in [2.24, 2.45) is 0 Å². The fourth-order valence-corrected chi connectivity index (χ4v) is 4.32. The molecule has 2 heterocycles. The van der Waals surface area contributed by atoms with Crippen molar-refractivity contribution >= 4 is 16.5 Å². The molecule has 0 bridgehead atoms. The zero-order valence-corrected chi connectivity index (χ0v) is 16.1. The molecule has 5 rings (SSSR count). The van der Waals surface area contributed by atoms with Gasteiger partial charge in [0.25, 0.3) is 0 Å². The Morgan fingerprint density at radius 2 is 1.68 bits per heavy atom. The van der Waals surface area contributed by atoms with Gasteiger partial charge in [-0.15, -0.1) is 0 Å². The molecule has 0 atom stereocenters. The van der Waals surface area contributed by atoms with Gasteiger partial charge in [0.15, 0.2) is 5.75 Å². The van der Waals surface area contributed by atoms with Gasteiger partial charge in [-0.3, -0.25) is 4.90 Å². The molecule has 3 aromatic carbocycles. The second-order valence-corrected chi connectivity index (χ2v) is 7.67. The van der Waals surface area contributed by atoms with Crippen LogP contribution in [-0.2, 0) is 17.7 Å². The highest BCUT2D eigenvalue weighted by Gasteiger charge is 2.22. The summed E-state index contributed by atoms with van der Waals surface area (Å²) < 4.78 is 0. The van der Waals surface area contributed by atoms with Gasteiger partial charge >= 0.3 is 0 Å². The molecule has 0 amide bonds. The summed E-state index contributed by atoms with van der Waals surface area (Å²) in [4.78, 5) is 15.6. The van der Waals surface area contributed by atoms with E-state index >= 15 is 0 Å². The predicted molar refractivity (Wildman–Crippen MR) is 113 cm³/mol. The summed E-state index contributed by atoms with van der Waals surface area (Å²) >= 11 is 0. The predicted octanol–water partition coefficient (Wildman–Crippen LogP) is 4.07. The molecule has 1 saturated heterocycles. The SMILES string of the molecule is c1cc2c(c(N3CCN(CCc4ccc5ccccc5c4)CC3)c1)CCOO2. The fourth-order valence-electron chi connectivity index (χ4n) is 4.32. The van der Waals surface area contributed by atoms with E-state index in [9.17, 15) is 0 Å². The van der Waals surface area contributed by atoms with E-state index in [0.29, 0.717) is 6.61 Å². The van der Waals surface area contributed by atoms with Crippen LogP contribution in [0.3, 0.4) is 0 Å². The number of anilines is 1. The average molecular weight is 374 g/mol. The molecule has 0 N–H and O–H groups in total. The molecule has 28 heavy (non-hydrogen) atoms. The standard InChI is InChI=1S/C24H26N2O2/c1-2-5-21-18-19(8-9-20(21)4-1)10-12-25-13-15-26(16-14-25)23-6-3-7-24-22(23)11-17-27-28-24/h1-9,18H,10-17H2. The van der Waals surface area contributed by atoms with E-state index in [2.05, 4.69) is 64.4 Å². The van der Waals surface area contributed by atoms with Gasteiger partial charge in [0.2, 0.25) is 0 Å². The third-order valence-corrected chi connectivity index (χ3v) is 5.94. The lowest BCUT2D eigenvalue weighted by molar-refractivity contribution is -0.215. The van der Waals surface area contributed by atoms with Gasteiger partial charge < -0.3 is 9.79 Å². The van der Waals surface area contributed by atoms with E-state index in [-0.39, 0.29) is 0 Å². The van der Waals surface area contributed by atoms with Crippen LogP contribution in [0.2, 0.25) is 0 Å². The Bertz CT molecular complexity index is 964. The summed E-state index contributed by atoms with van der Waals surface area (Å²) in [6, 6.07) is 21.7. The maximum atomic E-state index is 5.36. The van der Waals surface area contributed by atoms with Crippen molar-refractivity contribution in [3.63, 3.8) is 0 Å². The summed E-state index contributed by atoms with van der Waals surface area (Å²) in [5, 5.41) is 2.66. The maximum Gasteiger partial charge on any atom is 0.170 e. The number of rotatable bonds is 4. The second kappa shape index (κ2) is 7.82. The summed E-state index contributed by atoms with van der Waals surface area (Å²) in [5.74, 6) is 0.877. The van der Waals surface area contributed by atoms with Gasteiger partial charge in [-0.05, 0) is 34.9 Å². The lowest BCUT2D eigenvalue weighted by Gasteiger charge is -2.37. The average Bonchev–Trinajstić information content (AvgIpc) is 2.77. The van der Waals surface area contributed by atoms with Gasteiger partial charge in [0.1, 0.15) is 0 Å². The molecule has 2 aliphatic rings. The molecule has 2 aliphatic heterocycles. The van der Waals surface area contributed by atoms with Gasteiger partial charge in [0.05, 0.1) is 6.61 Å². The summed E-state index contributed by atoms with van der Waals surface area (Å²) in [7, 11) is 0. The summed E-state index contributed by atoms with van der Waals surface area (Å²) in [6.07, 6.45) is 2.03. The van der Waals surface area contributed by atoms with E-state index in [4.69, 9.17) is 9.78 Å². The monoisotopic (exact) mass is 374 g/mol. The lowest BCUT2D eigenvalue weighted by Crippen LogP contribution is -2.47. The highest BCUT2D eigenvalue weighted by Crippen LogP contribution is 2.33. The van der Waals surface area contributed by atoms with E-state index < -0.39 is 0 Å². The second-order valence-electron chi connectivity index (χ2n) is 7.67. The molecule has 0 radical (unpaired) electrons. The number of hydrogen-bond donors (Lipinski definition) is 0. The Labute approximate surface area is 166 Å². The molecular formula is C24H26N2O2. The van der Waals surface area contributed by atoms with Crippen LogP contribution in [-0.4, -0.2) is 44.2 Å². The van der Waals surface area contributed by atoms with Crippen molar-refractivity contribution < 1.29 is 9.78 Å². The molecule has 0 aromatic heterocycles. The van der Waals surface area contributed by atoms with Crippen LogP contribution in [0.5, 0.6) is 5.75 Å². The van der Waals surface area contributed by atoms with Crippen molar-refractivity contribution in [3.05, 3.63) is 71.8 Å². The van der Waals surface area contributed by atoms with Gasteiger partial charge in [-0.1, -0.05) is 48.5 Å². The molecule has 4 nitrogen and oxygen atoms in total. The first-order valence-corrected chi connectivity index (χ1v) is 10.2. The van der Waals surface area contributed by atoms with Gasteiger partial charge in [0, 0.05) is 50.4 Å². The van der Waals surface area contributed by atoms with E-state index in [0.717, 1.165) is 51.3 Å². The van der Waals surface area contributed by atoms with Crippen LogP contribution < -0.4 is 9.79 Å². The van der Waals surface area contributed by atoms with E-state index in [1.54, 1.807) is 0 Å². The van der Waals surface area contributed by atoms with Crippen LogP contribution in [0.25, 0.3) is 10.8 Å². The molecule has 0 unspecified atom stereocenters. The number of benzene rings is 3. The minimum Gasteiger partial charge on any atom is -0.369 e. The van der Waals surface area contributed by atoms with Crippen LogP contribution in [0, 0.1) is 0 Å². The largest absolute Gasteiger partial charge is 0.369 e. The van der Waals surface area contributed by atoms with Crippen LogP contribution in [0.4, 0.5) is 5.69 Å². The summed E-state index contributed by atoms with van der Waals surface area (Å²) in [5.41, 5.74) is 4.03. The Kier molecular flexibility index (Phi) is 4.90. The molecule has 0 spiro atoms. The first-order chi connectivity index (χ1) is 13.9. The van der Waals surface area contributed by atoms with Crippen molar-refractivity contribution in [2.75, 3.05) is 44.2 Å². The Balaban J connectivity index is 1.19. The van der Waals surface area contributed by atoms with Gasteiger partial charge in [-0.2, -0.15) is 4.89 Å². The van der Waals surface area contributed by atoms with Gasteiger partial charge in [-0.25, -0.2) is 0 Å². The van der Waals surface area contributed by atoms with E-state index in [1.807, 2.05) is 6.07 Å². The molecule has 144 valence electrons. The van der Waals surface area contributed by atoms with Crippen molar-refractivity contribution in [1.82, 2.24) is 4.90 Å². The highest BCUT2D eigenvalue weighted by molar-refractivity contribution is 5.83. The zero-order valence-electron chi connectivity index (χ0n) is 16.1. The Morgan fingerprint density at radius 1 is 0.821 bits per heavy atom. The number of fused-ring (bicyclic) bond motifs is 2. The molecule has 0 saturated carbocycles. The third kappa shape index (κ3) is 3.58. The molecule has 4 heteroatoms. The van der Waals surface area contributed by atoms with Crippen molar-refractivity contribution in [2.45, 2.75) is 12.8 Å². The Morgan fingerprint density at radius 3 is 2.57 bits per heavy atom. The first kappa shape index (κ1) is 17.5. The normalized spacial score (nSPS) is 17.4. The molecule has 1 fully saturated rings. The number of piperazine rings is 1. The van der Waals surface area contributed by atoms with Crippen LogP contribution in [0.1, 0.15) is 11.1 Å². The highest BCUT2D eigenvalue weighted by atomic mass is 17.2. The summed E-state index contributed by atoms with van der Waals surface area (Å²) in [6.45, 7) is 6.10. The molecular weight excluding hydrogens is 348 g/mol. The zero-order chi connectivity index (χ0) is 18.8. The van der Waals surface area contributed by atoms with Crippen molar-refractivity contribution in [1.29, 1.82) is 0 Å². The smallest absolute Gasteiger partial charge is 0.170 e. The number of nitrogens with zero attached hydrogens (tertiary/aromatic N) is 2. The minimum atomic E-state index is 0.635. The quantitative estimate of drug-likeness (QED) is 0.643. The third-order valence-electron chi connectivity index (χ3n) is 5.94. The fraction of sp³-hybridized carbons (Fsp3) is 0.333. The van der Waals surface area contributed by atoms with E-state index in [1.165, 1.54) is 27.6 Å². The first-order valence-electron chi connectivity index (χ1n) is 10.2. The Hall–Kier alpha value is -2.56. The minimum absolute atomic E-state index is 0.635. The molecule has 0 aliphatic carbocycles. The van der Waals surface area contributed by atoms with Crippen molar-refractivity contribution in [3.8, 4) is 5.75 Å². The van der Waals surface area contributed by atoms with Crippen LogP contribution >= 0.6 is 0 Å². The topological polar surface area (TPSA) is 24.9 Å². The van der Waals surface area contributed by atoms with Crippen LogP contribution in [0.15, 0.2) is 60.7 Å². The lowest BCUT2D eigenvalue weighted by atomic mass is 10.0. The molecule has 3 aromatic rings. The number of hydrogen-bond acceptors (Lipinski definition) is 4.